The molecule has 0 fully saturated rings. The Kier molecular flexibility index (Phi) is 3.78. The zero-order valence-electron chi connectivity index (χ0n) is 9.24. The quantitative estimate of drug-likeness (QED) is 0.490. The summed E-state index contributed by atoms with van der Waals surface area (Å²) >= 11 is 2.32. The number of rotatable bonds is 4. The Balaban J connectivity index is 2.52. The third-order valence-corrected chi connectivity index (χ3v) is 3.50. The third-order valence-electron chi connectivity index (χ3n) is 2.39. The Labute approximate surface area is 108 Å². The van der Waals surface area contributed by atoms with E-state index in [0.29, 0.717) is 6.61 Å². The maximum absolute atomic E-state index is 4.97. The molecule has 4 nitrogen and oxygen atoms in total. The van der Waals surface area contributed by atoms with Crippen LogP contribution in [0, 0.1) is 3.70 Å². The molecule has 0 bridgehead atoms. The van der Waals surface area contributed by atoms with Gasteiger partial charge in [-0.2, -0.15) is 0 Å². The number of pyridine rings is 1. The Morgan fingerprint density at radius 1 is 1.44 bits per heavy atom. The zero-order chi connectivity index (χ0) is 11.5. The van der Waals surface area contributed by atoms with Gasteiger partial charge in [-0.25, -0.2) is 14.8 Å². The molecule has 0 saturated heterocycles. The van der Waals surface area contributed by atoms with Gasteiger partial charge in [-0.05, 0) is 41.1 Å². The van der Waals surface area contributed by atoms with Gasteiger partial charge in [-0.15, -0.1) is 0 Å². The van der Waals surface area contributed by atoms with Gasteiger partial charge in [0.05, 0.1) is 18.5 Å². The van der Waals surface area contributed by atoms with Gasteiger partial charge in [-0.1, -0.05) is 13.0 Å². The Bertz CT molecular complexity index is 496. The zero-order valence-corrected chi connectivity index (χ0v) is 11.4. The molecule has 5 heteroatoms. The summed E-state index contributed by atoms with van der Waals surface area (Å²) in [6.45, 7) is 2.53. The molecule has 0 atom stereocenters. The first-order chi connectivity index (χ1) is 7.77. The lowest BCUT2D eigenvalue weighted by Gasteiger charge is -2.05. The van der Waals surface area contributed by atoms with E-state index in [4.69, 9.17) is 4.89 Å². The fourth-order valence-corrected chi connectivity index (χ4v) is 2.68. The van der Waals surface area contributed by atoms with E-state index < -0.39 is 0 Å². The summed E-state index contributed by atoms with van der Waals surface area (Å²) in [7, 11) is 1.51. The molecule has 0 amide bonds. The summed E-state index contributed by atoms with van der Waals surface area (Å²) in [5, 5.41) is 0. The molecule has 0 aromatic carbocycles. The molecule has 2 aromatic rings. The number of hydrogen-bond donors (Lipinski definition) is 0. The average Bonchev–Trinajstić information content (AvgIpc) is 2.64. The van der Waals surface area contributed by atoms with Crippen LogP contribution < -0.4 is 0 Å². The number of imidazole rings is 1. The summed E-state index contributed by atoms with van der Waals surface area (Å²) in [6.07, 6.45) is 0.935. The van der Waals surface area contributed by atoms with Gasteiger partial charge >= 0.3 is 0 Å². The average molecular weight is 332 g/mol. The molecule has 0 aliphatic heterocycles. The van der Waals surface area contributed by atoms with Crippen molar-refractivity contribution >= 4 is 28.2 Å². The van der Waals surface area contributed by atoms with Crippen molar-refractivity contribution in [2.24, 2.45) is 0 Å². The number of halogens is 1. The lowest BCUT2D eigenvalue weighted by atomic mass is 10.3. The molecule has 86 valence electrons. The summed E-state index contributed by atoms with van der Waals surface area (Å²) in [6, 6.07) is 5.99. The highest BCUT2D eigenvalue weighted by molar-refractivity contribution is 14.1. The highest BCUT2D eigenvalue weighted by Crippen LogP contribution is 2.18. The first-order valence-corrected chi connectivity index (χ1v) is 6.16. The first kappa shape index (κ1) is 11.8. The second-order valence-electron chi connectivity index (χ2n) is 3.34. The molecule has 2 heterocycles. The van der Waals surface area contributed by atoms with Crippen molar-refractivity contribution < 1.29 is 9.78 Å². The first-order valence-electron chi connectivity index (χ1n) is 5.08. The number of fused-ring (bicyclic) bond motifs is 1. The lowest BCUT2D eigenvalue weighted by Crippen LogP contribution is -2.01. The van der Waals surface area contributed by atoms with Gasteiger partial charge in [-0.3, -0.25) is 4.40 Å². The summed E-state index contributed by atoms with van der Waals surface area (Å²) < 4.78 is 3.24. The predicted molar refractivity (Wildman–Crippen MR) is 69.1 cm³/mol. The van der Waals surface area contributed by atoms with Crippen LogP contribution in [0.4, 0.5) is 0 Å². The van der Waals surface area contributed by atoms with E-state index in [2.05, 4.69) is 43.8 Å². The van der Waals surface area contributed by atoms with Crippen molar-refractivity contribution in [3.05, 3.63) is 33.3 Å². The van der Waals surface area contributed by atoms with Crippen molar-refractivity contribution in [1.29, 1.82) is 0 Å². The molecule has 2 rings (SSSR count). The van der Waals surface area contributed by atoms with Gasteiger partial charge in [0, 0.05) is 0 Å². The number of nitrogens with zero attached hydrogens (tertiary/aromatic N) is 2. The number of aromatic nitrogens is 2. The van der Waals surface area contributed by atoms with Crippen molar-refractivity contribution in [2.75, 3.05) is 7.11 Å². The van der Waals surface area contributed by atoms with E-state index in [0.717, 1.165) is 27.2 Å². The van der Waals surface area contributed by atoms with Crippen molar-refractivity contribution in [3.63, 3.8) is 0 Å². The minimum atomic E-state index is 0.420. The molecule has 2 aromatic heterocycles. The molecule has 0 aliphatic rings. The lowest BCUT2D eigenvalue weighted by molar-refractivity contribution is -0.283. The van der Waals surface area contributed by atoms with E-state index in [1.807, 2.05) is 18.2 Å². The molecule has 0 unspecified atom stereocenters. The van der Waals surface area contributed by atoms with Crippen LogP contribution in [0.1, 0.15) is 18.3 Å². The molecule has 0 N–H and O–H groups in total. The van der Waals surface area contributed by atoms with Crippen molar-refractivity contribution in [2.45, 2.75) is 20.0 Å². The van der Waals surface area contributed by atoms with E-state index in [1.165, 1.54) is 7.11 Å². The molecule has 0 radical (unpaired) electrons. The summed E-state index contributed by atoms with van der Waals surface area (Å²) in [5.41, 5.74) is 3.11. The van der Waals surface area contributed by atoms with Crippen LogP contribution in [0.2, 0.25) is 0 Å². The molecular weight excluding hydrogens is 319 g/mol. The highest BCUT2D eigenvalue weighted by atomic mass is 127. The highest BCUT2D eigenvalue weighted by Gasteiger charge is 2.10. The van der Waals surface area contributed by atoms with Crippen LogP contribution in [-0.4, -0.2) is 16.5 Å². The predicted octanol–water partition coefficient (Wildman–Crippen LogP) is 2.58. The maximum Gasteiger partial charge on any atom is 0.138 e. The molecular formula is C11H13IN2O2. The molecule has 0 aliphatic carbocycles. The van der Waals surface area contributed by atoms with Gasteiger partial charge in [0.1, 0.15) is 16.0 Å². The molecule has 0 spiro atoms. The number of aryl methyl sites for hydroxylation is 1. The SMILES string of the molecule is CCc1nc2cccc(COOC)n2c1I. The van der Waals surface area contributed by atoms with Crippen LogP contribution in [0.25, 0.3) is 5.65 Å². The van der Waals surface area contributed by atoms with Gasteiger partial charge in [0.15, 0.2) is 0 Å². The van der Waals surface area contributed by atoms with Gasteiger partial charge in [0.25, 0.3) is 0 Å². The van der Waals surface area contributed by atoms with Crippen LogP contribution in [0.5, 0.6) is 0 Å². The van der Waals surface area contributed by atoms with Crippen LogP contribution in [-0.2, 0) is 22.8 Å². The van der Waals surface area contributed by atoms with Gasteiger partial charge in [0.2, 0.25) is 0 Å². The minimum Gasteiger partial charge on any atom is -0.289 e. The third kappa shape index (κ3) is 2.07. The van der Waals surface area contributed by atoms with Crippen LogP contribution >= 0.6 is 22.6 Å². The monoisotopic (exact) mass is 332 g/mol. The Morgan fingerprint density at radius 2 is 2.25 bits per heavy atom. The molecule has 0 saturated carbocycles. The van der Waals surface area contributed by atoms with Crippen molar-refractivity contribution in [3.8, 4) is 0 Å². The second-order valence-corrected chi connectivity index (χ2v) is 4.36. The smallest absolute Gasteiger partial charge is 0.138 e. The Morgan fingerprint density at radius 3 is 2.94 bits per heavy atom. The standard InChI is InChI=1S/C11H13IN2O2/c1-3-9-11(12)14-8(7-16-15-2)5-4-6-10(14)13-9/h4-6H,3,7H2,1-2H3. The van der Waals surface area contributed by atoms with E-state index in [9.17, 15) is 0 Å². The maximum atomic E-state index is 4.97. The Hall–Kier alpha value is -0.660. The minimum absolute atomic E-state index is 0.420. The second kappa shape index (κ2) is 5.11. The van der Waals surface area contributed by atoms with Gasteiger partial charge < -0.3 is 0 Å². The van der Waals surface area contributed by atoms with E-state index in [-0.39, 0.29) is 0 Å². The fourth-order valence-electron chi connectivity index (χ4n) is 1.63. The topological polar surface area (TPSA) is 35.8 Å². The van der Waals surface area contributed by atoms with E-state index >= 15 is 0 Å². The largest absolute Gasteiger partial charge is 0.289 e. The summed E-state index contributed by atoms with van der Waals surface area (Å²) in [4.78, 5) is 14.2. The molecule has 16 heavy (non-hydrogen) atoms. The van der Waals surface area contributed by atoms with Crippen LogP contribution in [0.3, 0.4) is 0 Å². The van der Waals surface area contributed by atoms with E-state index in [1.54, 1.807) is 0 Å². The normalized spacial score (nSPS) is 11.2. The fraction of sp³-hybridized carbons (Fsp3) is 0.364. The number of hydrogen-bond acceptors (Lipinski definition) is 3. The van der Waals surface area contributed by atoms with Crippen LogP contribution in [0.15, 0.2) is 18.2 Å². The van der Waals surface area contributed by atoms with Crippen molar-refractivity contribution in [1.82, 2.24) is 9.38 Å². The summed E-state index contributed by atoms with van der Waals surface area (Å²) in [5.74, 6) is 0.